The van der Waals surface area contributed by atoms with Crippen LogP contribution < -0.4 is 5.73 Å². The summed E-state index contributed by atoms with van der Waals surface area (Å²) in [6, 6.07) is 1.73. The molecule has 4 rings (SSSR count). The predicted octanol–water partition coefficient (Wildman–Crippen LogP) is 1.26. The van der Waals surface area contributed by atoms with E-state index in [0.717, 1.165) is 32.2 Å². The summed E-state index contributed by atoms with van der Waals surface area (Å²) in [4.78, 5) is 15.1. The van der Waals surface area contributed by atoms with Crippen molar-refractivity contribution in [3.63, 3.8) is 0 Å². The number of carbonyl (C=O) groups is 1. The maximum absolute atomic E-state index is 13.0. The lowest BCUT2D eigenvalue weighted by Crippen LogP contribution is -2.38. The highest BCUT2D eigenvalue weighted by Crippen LogP contribution is 2.37. The minimum absolute atomic E-state index is 0.0902. The minimum Gasteiger partial charge on any atom is -0.345 e. The molecule has 1 aromatic rings. The second-order valence-corrected chi connectivity index (χ2v) is 10.6. The summed E-state index contributed by atoms with van der Waals surface area (Å²) in [5.74, 6) is 1.15. The topological polar surface area (TPSA) is 88.6 Å². The van der Waals surface area contributed by atoms with Crippen molar-refractivity contribution in [1.82, 2.24) is 13.8 Å². The number of hydrogen-bond donors (Lipinski definition) is 1. The Morgan fingerprint density at radius 2 is 1.96 bits per heavy atom. The van der Waals surface area contributed by atoms with Crippen LogP contribution in [0.4, 0.5) is 0 Å². The van der Waals surface area contributed by atoms with Crippen LogP contribution in [0.1, 0.15) is 43.1 Å². The van der Waals surface area contributed by atoms with E-state index in [-0.39, 0.29) is 16.8 Å². The number of amides is 1. The molecule has 3 aliphatic rings. The molecule has 1 amide bonds. The molecule has 0 radical (unpaired) electrons. The van der Waals surface area contributed by atoms with E-state index in [4.69, 9.17) is 5.73 Å². The van der Waals surface area contributed by atoms with Gasteiger partial charge in [0.05, 0.1) is 0 Å². The van der Waals surface area contributed by atoms with Crippen molar-refractivity contribution < 1.29 is 13.2 Å². The molecule has 8 heteroatoms. The lowest BCUT2D eigenvalue weighted by atomic mass is 9.98. The molecule has 4 unspecified atom stereocenters. The van der Waals surface area contributed by atoms with Gasteiger partial charge in [-0.3, -0.25) is 4.79 Å². The van der Waals surface area contributed by atoms with Gasteiger partial charge in [-0.1, -0.05) is 6.92 Å². The molecule has 0 bridgehead atoms. The Balaban J connectivity index is 1.54. The Morgan fingerprint density at radius 1 is 1.19 bits per heavy atom. The first-order chi connectivity index (χ1) is 12.8. The number of piperidine rings is 1. The Bertz CT molecular complexity index is 834. The third kappa shape index (κ3) is 3.32. The van der Waals surface area contributed by atoms with Gasteiger partial charge in [0, 0.05) is 45.5 Å². The lowest BCUT2D eigenvalue weighted by Gasteiger charge is -2.29. The molecule has 150 valence electrons. The van der Waals surface area contributed by atoms with Crippen molar-refractivity contribution in [2.75, 3.05) is 26.2 Å². The molecular weight excluding hydrogens is 364 g/mol. The fraction of sp³-hybridized carbons (Fsp3) is 0.737. The lowest BCUT2D eigenvalue weighted by molar-refractivity contribution is 0.0770. The van der Waals surface area contributed by atoms with E-state index < -0.39 is 10.0 Å². The van der Waals surface area contributed by atoms with E-state index >= 15 is 0 Å². The molecule has 0 spiro atoms. The predicted molar refractivity (Wildman–Crippen MR) is 103 cm³/mol. The molecule has 0 aromatic carbocycles. The van der Waals surface area contributed by atoms with Crippen molar-refractivity contribution in [2.24, 2.45) is 30.5 Å². The molecule has 7 nitrogen and oxygen atoms in total. The molecule has 2 aliphatic heterocycles. The Hall–Kier alpha value is -1.38. The van der Waals surface area contributed by atoms with Crippen LogP contribution in [0.25, 0.3) is 0 Å². The molecule has 2 saturated heterocycles. The van der Waals surface area contributed by atoms with Gasteiger partial charge in [0.1, 0.15) is 10.6 Å². The summed E-state index contributed by atoms with van der Waals surface area (Å²) in [5.41, 5.74) is 6.62. The largest absolute Gasteiger partial charge is 0.345 e. The number of likely N-dealkylation sites (tertiary alicyclic amines) is 1. The Morgan fingerprint density at radius 3 is 2.67 bits per heavy atom. The number of aromatic nitrogens is 1. The minimum atomic E-state index is -3.56. The molecule has 3 heterocycles. The molecular formula is C19H30N4O3S. The fourth-order valence-corrected chi connectivity index (χ4v) is 6.71. The third-order valence-corrected chi connectivity index (χ3v) is 8.49. The molecule has 1 aliphatic carbocycles. The third-order valence-electron chi connectivity index (χ3n) is 6.66. The number of aryl methyl sites for hydroxylation is 1. The van der Waals surface area contributed by atoms with Crippen LogP contribution in [-0.4, -0.2) is 60.3 Å². The van der Waals surface area contributed by atoms with Gasteiger partial charge in [-0.2, -0.15) is 4.31 Å². The van der Waals surface area contributed by atoms with Gasteiger partial charge in [-0.05, 0) is 49.5 Å². The Labute approximate surface area is 161 Å². The van der Waals surface area contributed by atoms with Crippen LogP contribution in [0.15, 0.2) is 17.2 Å². The van der Waals surface area contributed by atoms with Gasteiger partial charge in [0.25, 0.3) is 5.91 Å². The van der Waals surface area contributed by atoms with Crippen molar-refractivity contribution in [1.29, 1.82) is 0 Å². The zero-order valence-electron chi connectivity index (χ0n) is 16.2. The van der Waals surface area contributed by atoms with E-state index in [1.165, 1.54) is 0 Å². The smallest absolute Gasteiger partial charge is 0.270 e. The maximum atomic E-state index is 13.0. The quantitative estimate of drug-likeness (QED) is 0.836. The number of nitrogens with zero attached hydrogens (tertiary/aromatic N) is 3. The maximum Gasteiger partial charge on any atom is 0.270 e. The van der Waals surface area contributed by atoms with Crippen LogP contribution >= 0.6 is 0 Å². The van der Waals surface area contributed by atoms with Crippen molar-refractivity contribution in [2.45, 2.75) is 43.5 Å². The van der Waals surface area contributed by atoms with Gasteiger partial charge in [0.15, 0.2) is 0 Å². The number of hydrogen-bond acceptors (Lipinski definition) is 4. The zero-order valence-corrected chi connectivity index (χ0v) is 17.0. The average Bonchev–Trinajstić information content (AvgIpc) is 3.31. The standard InChI is InChI=1S/C19H30N4O3S/c1-13-4-3-7-23(9-13)27(25,26)15-8-18(21(2)11-15)19(24)22-10-14-5-6-17(20)16(14)12-22/h8,11,13-14,16-17H,3-7,9-10,12,20H2,1-2H3. The first-order valence-electron chi connectivity index (χ1n) is 9.98. The second kappa shape index (κ2) is 6.90. The highest BCUT2D eigenvalue weighted by molar-refractivity contribution is 7.89. The fourth-order valence-electron chi connectivity index (χ4n) is 5.04. The van der Waals surface area contributed by atoms with Gasteiger partial charge in [-0.15, -0.1) is 0 Å². The summed E-state index contributed by atoms with van der Waals surface area (Å²) in [6.07, 6.45) is 5.64. The van der Waals surface area contributed by atoms with E-state index in [2.05, 4.69) is 6.92 Å². The molecule has 27 heavy (non-hydrogen) atoms. The van der Waals surface area contributed by atoms with E-state index in [1.54, 1.807) is 28.2 Å². The van der Waals surface area contributed by atoms with Crippen LogP contribution in [0.2, 0.25) is 0 Å². The van der Waals surface area contributed by atoms with Crippen molar-refractivity contribution in [3.05, 3.63) is 18.0 Å². The SMILES string of the molecule is CC1CCCN(S(=O)(=O)c2cc(C(=O)N3CC4CCC(N)C4C3)n(C)c2)C1. The highest BCUT2D eigenvalue weighted by atomic mass is 32.2. The average molecular weight is 395 g/mol. The molecule has 2 N–H and O–H groups in total. The summed E-state index contributed by atoms with van der Waals surface area (Å²) < 4.78 is 29.2. The van der Waals surface area contributed by atoms with Crippen LogP contribution in [-0.2, 0) is 17.1 Å². The first kappa shape index (κ1) is 19.0. The van der Waals surface area contributed by atoms with E-state index in [1.807, 2.05) is 4.90 Å². The van der Waals surface area contributed by atoms with Gasteiger partial charge < -0.3 is 15.2 Å². The molecule has 3 fully saturated rings. The van der Waals surface area contributed by atoms with E-state index in [0.29, 0.717) is 43.1 Å². The van der Waals surface area contributed by atoms with Crippen LogP contribution in [0.3, 0.4) is 0 Å². The number of nitrogens with two attached hydrogens (primary N) is 1. The number of fused-ring (bicyclic) bond motifs is 1. The first-order valence-corrected chi connectivity index (χ1v) is 11.4. The molecule has 4 atom stereocenters. The number of carbonyl (C=O) groups excluding carboxylic acids is 1. The number of sulfonamides is 1. The van der Waals surface area contributed by atoms with Gasteiger partial charge in [0.2, 0.25) is 10.0 Å². The van der Waals surface area contributed by atoms with Gasteiger partial charge in [-0.25, -0.2) is 8.42 Å². The molecule has 1 saturated carbocycles. The number of rotatable bonds is 3. The van der Waals surface area contributed by atoms with Crippen LogP contribution in [0, 0.1) is 17.8 Å². The van der Waals surface area contributed by atoms with Gasteiger partial charge >= 0.3 is 0 Å². The van der Waals surface area contributed by atoms with Crippen molar-refractivity contribution >= 4 is 15.9 Å². The highest BCUT2D eigenvalue weighted by Gasteiger charge is 2.43. The van der Waals surface area contributed by atoms with Crippen molar-refractivity contribution in [3.8, 4) is 0 Å². The molecule has 1 aromatic heterocycles. The van der Waals surface area contributed by atoms with Crippen LogP contribution in [0.5, 0.6) is 0 Å². The monoisotopic (exact) mass is 394 g/mol. The summed E-state index contributed by atoms with van der Waals surface area (Å²) in [7, 11) is -1.81. The van der Waals surface area contributed by atoms with E-state index in [9.17, 15) is 13.2 Å². The summed E-state index contributed by atoms with van der Waals surface area (Å²) in [5, 5.41) is 0. The summed E-state index contributed by atoms with van der Waals surface area (Å²) >= 11 is 0. The normalized spacial score (nSPS) is 32.0. The Kier molecular flexibility index (Phi) is 4.84. The second-order valence-electron chi connectivity index (χ2n) is 8.66. The summed E-state index contributed by atoms with van der Waals surface area (Å²) in [6.45, 7) is 4.60. The zero-order chi connectivity index (χ0) is 19.3.